The molecule has 2 unspecified atom stereocenters. The second kappa shape index (κ2) is 7.82. The van der Waals surface area contributed by atoms with E-state index in [4.69, 9.17) is 4.74 Å². The van der Waals surface area contributed by atoms with Crippen LogP contribution in [0.1, 0.15) is 25.7 Å². The Morgan fingerprint density at radius 3 is 2.89 bits per heavy atom. The maximum atomic E-state index is 5.68. The van der Waals surface area contributed by atoms with Gasteiger partial charge in [-0.25, -0.2) is 0 Å². The molecule has 2 nitrogen and oxygen atoms in total. The minimum absolute atomic E-state index is 0.516. The molecule has 0 saturated carbocycles. The van der Waals surface area contributed by atoms with E-state index in [0.29, 0.717) is 12.1 Å². The summed E-state index contributed by atoms with van der Waals surface area (Å²) in [5.41, 5.74) is 0. The molecule has 18 heavy (non-hydrogen) atoms. The number of benzene rings is 1. The van der Waals surface area contributed by atoms with Crippen LogP contribution < -0.4 is 5.32 Å². The average Bonchev–Trinajstić information content (AvgIpc) is 2.93. The molecule has 1 aliphatic rings. The smallest absolute Gasteiger partial charge is 0.0576 e. The second-order valence-corrected chi connectivity index (χ2v) is 5.92. The van der Waals surface area contributed by atoms with Crippen LogP contribution in [-0.2, 0) is 4.74 Å². The lowest BCUT2D eigenvalue weighted by atomic mass is 10.1. The van der Waals surface area contributed by atoms with Crippen LogP contribution in [0.15, 0.2) is 35.2 Å². The minimum Gasteiger partial charge on any atom is -0.378 e. The first-order valence-corrected chi connectivity index (χ1v) is 7.84. The summed E-state index contributed by atoms with van der Waals surface area (Å²) in [6, 6.07) is 11.2. The molecule has 2 rings (SSSR count). The first-order valence-electron chi connectivity index (χ1n) is 6.85. The Balaban J connectivity index is 1.68. The summed E-state index contributed by atoms with van der Waals surface area (Å²) in [5, 5.41) is 3.42. The van der Waals surface area contributed by atoms with Gasteiger partial charge in [-0.15, -0.1) is 11.8 Å². The summed E-state index contributed by atoms with van der Waals surface area (Å²) in [6.45, 7) is 0.966. The highest BCUT2D eigenvalue weighted by Crippen LogP contribution is 2.22. The van der Waals surface area contributed by atoms with Crippen molar-refractivity contribution < 1.29 is 4.74 Å². The van der Waals surface area contributed by atoms with E-state index in [0.717, 1.165) is 12.4 Å². The van der Waals surface area contributed by atoms with Crippen molar-refractivity contribution in [3.63, 3.8) is 0 Å². The van der Waals surface area contributed by atoms with Crippen molar-refractivity contribution in [1.82, 2.24) is 5.32 Å². The fourth-order valence-electron chi connectivity index (χ4n) is 2.28. The van der Waals surface area contributed by atoms with Crippen LogP contribution in [0.4, 0.5) is 0 Å². The third kappa shape index (κ3) is 4.63. The molecule has 1 aromatic carbocycles. The molecular formula is C15H23NOS. The lowest BCUT2D eigenvalue weighted by molar-refractivity contribution is 0.100. The van der Waals surface area contributed by atoms with E-state index in [1.54, 1.807) is 0 Å². The largest absolute Gasteiger partial charge is 0.378 e. The Hall–Kier alpha value is -0.510. The van der Waals surface area contributed by atoms with Gasteiger partial charge in [0.15, 0.2) is 0 Å². The highest BCUT2D eigenvalue weighted by molar-refractivity contribution is 7.99. The fraction of sp³-hybridized carbons (Fsp3) is 0.600. The van der Waals surface area contributed by atoms with Gasteiger partial charge in [0.1, 0.15) is 0 Å². The Labute approximate surface area is 114 Å². The van der Waals surface area contributed by atoms with Gasteiger partial charge in [0.2, 0.25) is 0 Å². The summed E-state index contributed by atoms with van der Waals surface area (Å²) in [5.74, 6) is 1.13. The minimum atomic E-state index is 0.516. The van der Waals surface area contributed by atoms with Crippen molar-refractivity contribution >= 4 is 11.8 Å². The van der Waals surface area contributed by atoms with Gasteiger partial charge in [-0.2, -0.15) is 0 Å². The van der Waals surface area contributed by atoms with Crippen LogP contribution >= 0.6 is 11.8 Å². The van der Waals surface area contributed by atoms with Crippen molar-refractivity contribution in [3.05, 3.63) is 30.3 Å². The SMILES string of the molecule is CNC(CCC1CCCO1)CSc1ccccc1. The van der Waals surface area contributed by atoms with Crippen LogP contribution in [0.3, 0.4) is 0 Å². The van der Waals surface area contributed by atoms with Crippen LogP contribution in [0.25, 0.3) is 0 Å². The highest BCUT2D eigenvalue weighted by atomic mass is 32.2. The van der Waals surface area contributed by atoms with Gasteiger partial charge in [-0.05, 0) is 44.9 Å². The molecule has 0 aliphatic carbocycles. The van der Waals surface area contributed by atoms with E-state index in [1.807, 2.05) is 11.8 Å². The van der Waals surface area contributed by atoms with Gasteiger partial charge in [0.05, 0.1) is 6.10 Å². The van der Waals surface area contributed by atoms with Gasteiger partial charge < -0.3 is 10.1 Å². The molecule has 0 bridgehead atoms. The Bertz CT molecular complexity index is 325. The zero-order chi connectivity index (χ0) is 12.6. The molecule has 0 aromatic heterocycles. The lowest BCUT2D eigenvalue weighted by Gasteiger charge is -2.17. The van der Waals surface area contributed by atoms with Crippen molar-refractivity contribution in [1.29, 1.82) is 0 Å². The number of nitrogens with one attached hydrogen (secondary N) is 1. The first-order chi connectivity index (χ1) is 8.88. The molecule has 0 spiro atoms. The predicted octanol–water partition coefficient (Wildman–Crippen LogP) is 3.33. The summed E-state index contributed by atoms with van der Waals surface area (Å²) < 4.78 is 5.68. The molecular weight excluding hydrogens is 242 g/mol. The van der Waals surface area contributed by atoms with Gasteiger partial charge in [0, 0.05) is 23.3 Å². The monoisotopic (exact) mass is 265 g/mol. The number of ether oxygens (including phenoxy) is 1. The molecule has 1 aliphatic heterocycles. The van der Waals surface area contributed by atoms with Crippen LogP contribution in [0.5, 0.6) is 0 Å². The fourth-order valence-corrected chi connectivity index (χ4v) is 3.36. The predicted molar refractivity (Wildman–Crippen MR) is 78.2 cm³/mol. The number of hydrogen-bond donors (Lipinski definition) is 1. The van der Waals surface area contributed by atoms with Gasteiger partial charge >= 0.3 is 0 Å². The molecule has 2 atom stereocenters. The summed E-state index contributed by atoms with van der Waals surface area (Å²) in [6.07, 6.45) is 5.42. The highest BCUT2D eigenvalue weighted by Gasteiger charge is 2.17. The van der Waals surface area contributed by atoms with E-state index < -0.39 is 0 Å². The first kappa shape index (κ1) is 13.9. The van der Waals surface area contributed by atoms with Gasteiger partial charge in [-0.3, -0.25) is 0 Å². The summed E-state index contributed by atoms with van der Waals surface area (Å²) in [7, 11) is 2.06. The van der Waals surface area contributed by atoms with Gasteiger partial charge in [-0.1, -0.05) is 18.2 Å². The second-order valence-electron chi connectivity index (χ2n) is 4.82. The van der Waals surface area contributed by atoms with Crippen LogP contribution in [0.2, 0.25) is 0 Å². The Kier molecular flexibility index (Phi) is 6.05. The quantitative estimate of drug-likeness (QED) is 0.764. The normalized spacial score (nSPS) is 21.1. The molecule has 1 saturated heterocycles. The third-order valence-corrected chi connectivity index (χ3v) is 4.64. The zero-order valence-electron chi connectivity index (χ0n) is 11.1. The topological polar surface area (TPSA) is 21.3 Å². The van der Waals surface area contributed by atoms with Crippen molar-refractivity contribution in [2.24, 2.45) is 0 Å². The Morgan fingerprint density at radius 2 is 2.22 bits per heavy atom. The maximum absolute atomic E-state index is 5.68. The van der Waals surface area contributed by atoms with E-state index >= 15 is 0 Å². The molecule has 100 valence electrons. The summed E-state index contributed by atoms with van der Waals surface area (Å²) >= 11 is 1.93. The third-order valence-electron chi connectivity index (χ3n) is 3.46. The molecule has 1 heterocycles. The zero-order valence-corrected chi connectivity index (χ0v) is 11.9. The number of rotatable bonds is 7. The maximum Gasteiger partial charge on any atom is 0.0576 e. The van der Waals surface area contributed by atoms with Gasteiger partial charge in [0.25, 0.3) is 0 Å². The van der Waals surface area contributed by atoms with Crippen LogP contribution in [0, 0.1) is 0 Å². The Morgan fingerprint density at radius 1 is 1.39 bits per heavy atom. The molecule has 1 aromatic rings. The molecule has 3 heteroatoms. The molecule has 1 N–H and O–H groups in total. The number of thioether (sulfide) groups is 1. The van der Waals surface area contributed by atoms with Crippen molar-refractivity contribution in [3.8, 4) is 0 Å². The van der Waals surface area contributed by atoms with E-state index in [2.05, 4.69) is 42.7 Å². The molecule has 0 radical (unpaired) electrons. The van der Waals surface area contributed by atoms with Crippen molar-refractivity contribution in [2.45, 2.75) is 42.7 Å². The number of hydrogen-bond acceptors (Lipinski definition) is 3. The molecule has 1 fully saturated rings. The average molecular weight is 265 g/mol. The van der Waals surface area contributed by atoms with E-state index in [1.165, 1.54) is 30.6 Å². The lowest BCUT2D eigenvalue weighted by Crippen LogP contribution is -2.28. The molecule has 0 amide bonds. The van der Waals surface area contributed by atoms with Crippen molar-refractivity contribution in [2.75, 3.05) is 19.4 Å². The van der Waals surface area contributed by atoms with Crippen LogP contribution in [-0.4, -0.2) is 31.6 Å². The van der Waals surface area contributed by atoms with E-state index in [9.17, 15) is 0 Å². The standard InChI is InChI=1S/C15H23NOS/c1-16-13(9-10-14-6-5-11-17-14)12-18-15-7-3-2-4-8-15/h2-4,7-8,13-14,16H,5-6,9-12H2,1H3. The van der Waals surface area contributed by atoms with E-state index in [-0.39, 0.29) is 0 Å². The summed E-state index contributed by atoms with van der Waals surface area (Å²) in [4.78, 5) is 1.36.